The molecule has 0 bridgehead atoms. The van der Waals surface area contributed by atoms with Crippen LogP contribution in [-0.4, -0.2) is 23.9 Å². The van der Waals surface area contributed by atoms with E-state index in [0.29, 0.717) is 12.3 Å². The second-order valence-electron chi connectivity index (χ2n) is 5.67. The molecule has 3 nitrogen and oxygen atoms in total. The minimum Gasteiger partial charge on any atom is -0.341 e. The number of likely N-dealkylation sites (tertiary alicyclic amines) is 1. The van der Waals surface area contributed by atoms with E-state index in [2.05, 4.69) is 19.9 Å². The molecule has 96 valence electrons. The van der Waals surface area contributed by atoms with Crippen LogP contribution in [0.15, 0.2) is 0 Å². The fraction of sp³-hybridized carbons (Fsp3) is 0.857. The highest BCUT2D eigenvalue weighted by molar-refractivity contribution is 5.85. The van der Waals surface area contributed by atoms with Crippen molar-refractivity contribution >= 4 is 5.91 Å². The van der Waals surface area contributed by atoms with Crippen LogP contribution in [0.5, 0.6) is 0 Å². The van der Waals surface area contributed by atoms with E-state index in [9.17, 15) is 4.79 Å². The average Bonchev–Trinajstić information content (AvgIpc) is 2.37. The molecule has 0 aromatic rings. The van der Waals surface area contributed by atoms with Gasteiger partial charge in [0.15, 0.2) is 0 Å². The predicted octanol–water partition coefficient (Wildman–Crippen LogP) is 2.82. The van der Waals surface area contributed by atoms with E-state index in [0.717, 1.165) is 31.8 Å². The molecule has 1 aliphatic rings. The summed E-state index contributed by atoms with van der Waals surface area (Å²) in [6.45, 7) is 9.78. The summed E-state index contributed by atoms with van der Waals surface area (Å²) >= 11 is 0. The molecular formula is C14H24N2O. The third-order valence-corrected chi connectivity index (χ3v) is 4.20. The quantitative estimate of drug-likeness (QED) is 0.756. The molecule has 1 fully saturated rings. The number of hydrogen-bond donors (Lipinski definition) is 0. The number of nitriles is 1. The Labute approximate surface area is 105 Å². The predicted molar refractivity (Wildman–Crippen MR) is 68.2 cm³/mol. The van der Waals surface area contributed by atoms with Gasteiger partial charge in [-0.25, -0.2) is 0 Å². The number of carbonyl (C=O) groups excluding carboxylic acids is 1. The van der Waals surface area contributed by atoms with Gasteiger partial charge in [0, 0.05) is 13.1 Å². The van der Waals surface area contributed by atoms with Crippen molar-refractivity contribution in [1.82, 2.24) is 4.90 Å². The van der Waals surface area contributed by atoms with Crippen molar-refractivity contribution in [2.75, 3.05) is 13.1 Å². The third-order valence-electron chi connectivity index (χ3n) is 4.20. The van der Waals surface area contributed by atoms with Gasteiger partial charge in [0.25, 0.3) is 0 Å². The lowest BCUT2D eigenvalue weighted by atomic mass is 9.83. The van der Waals surface area contributed by atoms with Gasteiger partial charge in [-0.15, -0.1) is 0 Å². The minimum atomic E-state index is -0.829. The largest absolute Gasteiger partial charge is 0.341 e. The Balaban J connectivity index is 2.61. The van der Waals surface area contributed by atoms with Crippen molar-refractivity contribution in [3.8, 4) is 6.07 Å². The van der Waals surface area contributed by atoms with E-state index < -0.39 is 5.41 Å². The summed E-state index contributed by atoms with van der Waals surface area (Å²) in [5.41, 5.74) is -0.829. The highest BCUT2D eigenvalue weighted by atomic mass is 16.2. The van der Waals surface area contributed by atoms with Crippen LogP contribution in [0.25, 0.3) is 0 Å². The summed E-state index contributed by atoms with van der Waals surface area (Å²) in [5.74, 6) is 1.44. The first-order valence-corrected chi connectivity index (χ1v) is 6.65. The van der Waals surface area contributed by atoms with Crippen LogP contribution in [-0.2, 0) is 4.79 Å². The normalized spacial score (nSPS) is 21.1. The topological polar surface area (TPSA) is 44.1 Å². The third kappa shape index (κ3) is 3.00. The second kappa shape index (κ2) is 5.53. The van der Waals surface area contributed by atoms with Crippen LogP contribution in [0.4, 0.5) is 0 Å². The van der Waals surface area contributed by atoms with Crippen molar-refractivity contribution in [1.29, 1.82) is 5.26 Å². The van der Waals surface area contributed by atoms with Gasteiger partial charge >= 0.3 is 0 Å². The molecule has 0 spiro atoms. The van der Waals surface area contributed by atoms with Crippen LogP contribution in [0.3, 0.4) is 0 Å². The molecule has 1 saturated heterocycles. The lowest BCUT2D eigenvalue weighted by molar-refractivity contribution is -0.140. The molecule has 0 aliphatic carbocycles. The molecule has 1 atom stereocenters. The first-order valence-electron chi connectivity index (χ1n) is 6.65. The maximum Gasteiger partial charge on any atom is 0.242 e. The molecule has 1 amide bonds. The Morgan fingerprint density at radius 2 is 2.00 bits per heavy atom. The molecule has 1 heterocycles. The Morgan fingerprint density at radius 1 is 1.47 bits per heavy atom. The zero-order valence-electron chi connectivity index (χ0n) is 11.5. The highest BCUT2D eigenvalue weighted by Gasteiger charge is 2.36. The lowest BCUT2D eigenvalue weighted by Crippen LogP contribution is -2.46. The highest BCUT2D eigenvalue weighted by Crippen LogP contribution is 2.29. The van der Waals surface area contributed by atoms with Gasteiger partial charge in [0.2, 0.25) is 5.91 Å². The fourth-order valence-electron chi connectivity index (χ4n) is 2.40. The Hall–Kier alpha value is -1.04. The standard InChI is InChI=1S/C14H24N2O/c1-5-14(4,10-15)13(17)16-8-6-12(7-9-16)11(2)3/h11-12H,5-9H2,1-4H3. The van der Waals surface area contributed by atoms with Gasteiger partial charge in [-0.3, -0.25) is 4.79 Å². The van der Waals surface area contributed by atoms with Crippen LogP contribution >= 0.6 is 0 Å². The van der Waals surface area contributed by atoms with E-state index >= 15 is 0 Å². The number of piperidine rings is 1. The molecule has 17 heavy (non-hydrogen) atoms. The maximum atomic E-state index is 12.3. The lowest BCUT2D eigenvalue weighted by Gasteiger charge is -2.36. The molecule has 0 saturated carbocycles. The van der Waals surface area contributed by atoms with Crippen molar-refractivity contribution in [3.05, 3.63) is 0 Å². The van der Waals surface area contributed by atoms with E-state index in [-0.39, 0.29) is 5.91 Å². The number of hydrogen-bond acceptors (Lipinski definition) is 2. The number of rotatable bonds is 3. The van der Waals surface area contributed by atoms with E-state index in [1.54, 1.807) is 6.92 Å². The van der Waals surface area contributed by atoms with Gasteiger partial charge in [-0.05, 0) is 38.0 Å². The number of amides is 1. The summed E-state index contributed by atoms with van der Waals surface area (Å²) in [4.78, 5) is 14.1. The van der Waals surface area contributed by atoms with Gasteiger partial charge in [0.1, 0.15) is 5.41 Å². The Kier molecular flexibility index (Phi) is 4.56. The zero-order valence-corrected chi connectivity index (χ0v) is 11.5. The monoisotopic (exact) mass is 236 g/mol. The number of carbonyl (C=O) groups is 1. The van der Waals surface area contributed by atoms with E-state index in [1.807, 2.05) is 11.8 Å². The van der Waals surface area contributed by atoms with E-state index in [4.69, 9.17) is 5.26 Å². The maximum absolute atomic E-state index is 12.3. The summed E-state index contributed by atoms with van der Waals surface area (Å²) < 4.78 is 0. The molecule has 0 radical (unpaired) electrons. The van der Waals surface area contributed by atoms with Gasteiger partial charge < -0.3 is 4.90 Å². The molecule has 1 unspecified atom stereocenters. The Bertz CT molecular complexity index is 311. The van der Waals surface area contributed by atoms with Crippen molar-refractivity contribution in [2.24, 2.45) is 17.3 Å². The van der Waals surface area contributed by atoms with Gasteiger partial charge in [-0.2, -0.15) is 5.26 Å². The zero-order chi connectivity index (χ0) is 13.1. The molecule has 0 aromatic carbocycles. The molecule has 1 aliphatic heterocycles. The summed E-state index contributed by atoms with van der Waals surface area (Å²) in [6, 6.07) is 2.17. The average molecular weight is 236 g/mol. The minimum absolute atomic E-state index is 0.0182. The Morgan fingerprint density at radius 3 is 2.35 bits per heavy atom. The van der Waals surface area contributed by atoms with Crippen molar-refractivity contribution in [3.63, 3.8) is 0 Å². The van der Waals surface area contributed by atoms with Crippen LogP contribution in [0.1, 0.15) is 47.0 Å². The molecule has 0 N–H and O–H groups in total. The molecule has 1 rings (SSSR count). The first-order chi connectivity index (χ1) is 7.94. The van der Waals surface area contributed by atoms with Crippen LogP contribution < -0.4 is 0 Å². The first kappa shape index (κ1) is 14.0. The van der Waals surface area contributed by atoms with Crippen molar-refractivity contribution < 1.29 is 4.79 Å². The van der Waals surface area contributed by atoms with Crippen LogP contribution in [0, 0.1) is 28.6 Å². The summed E-state index contributed by atoms with van der Waals surface area (Å²) in [7, 11) is 0. The van der Waals surface area contributed by atoms with Gasteiger partial charge in [0.05, 0.1) is 6.07 Å². The smallest absolute Gasteiger partial charge is 0.242 e. The van der Waals surface area contributed by atoms with Crippen LogP contribution in [0.2, 0.25) is 0 Å². The molecule has 3 heteroatoms. The molecular weight excluding hydrogens is 212 g/mol. The molecule has 0 aromatic heterocycles. The number of nitrogens with zero attached hydrogens (tertiary/aromatic N) is 2. The summed E-state index contributed by atoms with van der Waals surface area (Å²) in [6.07, 6.45) is 2.75. The van der Waals surface area contributed by atoms with E-state index in [1.165, 1.54) is 0 Å². The second-order valence-corrected chi connectivity index (χ2v) is 5.67. The summed E-state index contributed by atoms with van der Waals surface area (Å²) in [5, 5.41) is 9.13. The van der Waals surface area contributed by atoms with Gasteiger partial charge in [-0.1, -0.05) is 20.8 Å². The SMILES string of the molecule is CCC(C)(C#N)C(=O)N1CCC(C(C)C)CC1. The fourth-order valence-corrected chi connectivity index (χ4v) is 2.40. The van der Waals surface area contributed by atoms with Crippen molar-refractivity contribution in [2.45, 2.75) is 47.0 Å².